The predicted molar refractivity (Wildman–Crippen MR) is 93.9 cm³/mol. The second-order valence-electron chi connectivity index (χ2n) is 5.29. The smallest absolute Gasteiger partial charge is 0.251 e. The number of benzene rings is 1. The molecule has 128 valence electrons. The van der Waals surface area contributed by atoms with Gasteiger partial charge in [-0.15, -0.1) is 0 Å². The highest BCUT2D eigenvalue weighted by Gasteiger charge is 2.18. The molecule has 2 aromatic rings. The largest absolute Gasteiger partial charge is 0.493 e. The fourth-order valence-electron chi connectivity index (χ4n) is 2.18. The molecule has 0 fully saturated rings. The number of ether oxygens (including phenoxy) is 2. The molecule has 0 aliphatic heterocycles. The molecule has 0 saturated heterocycles. The summed E-state index contributed by atoms with van der Waals surface area (Å²) < 4.78 is 10.9. The topological polar surface area (TPSA) is 60.5 Å². The molecular weight excluding hydrogens is 328 g/mol. The zero-order valence-electron chi connectivity index (χ0n) is 14.0. The summed E-state index contributed by atoms with van der Waals surface area (Å²) in [6.07, 6.45) is 2.54. The van der Waals surface area contributed by atoms with Crippen LogP contribution in [0, 0.1) is 0 Å². The van der Waals surface area contributed by atoms with Crippen LogP contribution in [0.2, 0.25) is 5.02 Å². The van der Waals surface area contributed by atoms with Crippen LogP contribution in [-0.4, -0.2) is 24.6 Å². The van der Waals surface area contributed by atoms with Gasteiger partial charge in [0.2, 0.25) is 0 Å². The number of pyridine rings is 1. The van der Waals surface area contributed by atoms with E-state index < -0.39 is 0 Å². The van der Waals surface area contributed by atoms with Gasteiger partial charge in [-0.3, -0.25) is 9.78 Å². The van der Waals surface area contributed by atoms with Crippen molar-refractivity contribution in [2.45, 2.75) is 26.3 Å². The molecule has 1 aromatic carbocycles. The molecule has 0 saturated carbocycles. The van der Waals surface area contributed by atoms with E-state index in [9.17, 15) is 4.79 Å². The molecule has 0 aliphatic carbocycles. The Bertz CT molecular complexity index is 692. The van der Waals surface area contributed by atoms with E-state index in [4.69, 9.17) is 21.1 Å². The van der Waals surface area contributed by atoms with Gasteiger partial charge < -0.3 is 14.8 Å². The first kappa shape index (κ1) is 18.1. The molecule has 1 unspecified atom stereocenters. The molecule has 1 heterocycles. The lowest BCUT2D eigenvalue weighted by Crippen LogP contribution is -2.27. The highest BCUT2D eigenvalue weighted by molar-refractivity contribution is 6.32. The Hall–Kier alpha value is -2.27. The number of hydrogen-bond acceptors (Lipinski definition) is 4. The van der Waals surface area contributed by atoms with Crippen LogP contribution in [0.15, 0.2) is 36.5 Å². The monoisotopic (exact) mass is 348 g/mol. The SMILES string of the molecule is CCCOc1c(Cl)cc(C(=O)NC(C)c2ccccn2)cc1OC. The Kier molecular flexibility index (Phi) is 6.44. The number of nitrogens with one attached hydrogen (secondary N) is 1. The third kappa shape index (κ3) is 4.38. The number of aromatic nitrogens is 1. The van der Waals surface area contributed by atoms with Gasteiger partial charge in [0.05, 0.1) is 30.5 Å². The van der Waals surface area contributed by atoms with Gasteiger partial charge in [0.15, 0.2) is 11.5 Å². The average molecular weight is 349 g/mol. The normalized spacial score (nSPS) is 11.7. The van der Waals surface area contributed by atoms with Gasteiger partial charge in [-0.2, -0.15) is 0 Å². The van der Waals surface area contributed by atoms with Crippen LogP contribution >= 0.6 is 11.6 Å². The van der Waals surface area contributed by atoms with Crippen LogP contribution in [0.25, 0.3) is 0 Å². The van der Waals surface area contributed by atoms with Crippen molar-refractivity contribution in [1.82, 2.24) is 10.3 Å². The van der Waals surface area contributed by atoms with E-state index in [0.29, 0.717) is 28.7 Å². The highest BCUT2D eigenvalue weighted by Crippen LogP contribution is 2.36. The standard InChI is InChI=1S/C18H21ClN2O3/c1-4-9-24-17-14(19)10-13(11-16(17)23-3)18(22)21-12(2)15-7-5-6-8-20-15/h5-8,10-12H,4,9H2,1-3H3,(H,21,22). The lowest BCUT2D eigenvalue weighted by atomic mass is 10.1. The minimum atomic E-state index is -0.254. The second-order valence-corrected chi connectivity index (χ2v) is 5.69. The molecule has 5 nitrogen and oxygen atoms in total. The third-order valence-corrected chi connectivity index (χ3v) is 3.70. The Morgan fingerprint density at radius 1 is 1.38 bits per heavy atom. The summed E-state index contributed by atoms with van der Waals surface area (Å²) in [6.45, 7) is 4.40. The summed E-state index contributed by atoms with van der Waals surface area (Å²) in [6, 6.07) is 8.55. The van der Waals surface area contributed by atoms with E-state index in [1.54, 1.807) is 18.3 Å². The fourth-order valence-corrected chi connectivity index (χ4v) is 2.45. The molecule has 2 rings (SSSR count). The highest BCUT2D eigenvalue weighted by atomic mass is 35.5. The summed E-state index contributed by atoms with van der Waals surface area (Å²) in [4.78, 5) is 16.7. The third-order valence-electron chi connectivity index (χ3n) is 3.42. The molecule has 6 heteroatoms. The predicted octanol–water partition coefficient (Wildman–Crippen LogP) is 4.02. The van der Waals surface area contributed by atoms with E-state index in [-0.39, 0.29) is 11.9 Å². The van der Waals surface area contributed by atoms with E-state index in [2.05, 4.69) is 10.3 Å². The van der Waals surface area contributed by atoms with Crippen molar-refractivity contribution >= 4 is 17.5 Å². The van der Waals surface area contributed by atoms with Crippen molar-refractivity contribution in [1.29, 1.82) is 0 Å². The molecule has 0 radical (unpaired) electrons. The number of methoxy groups -OCH3 is 1. The number of amides is 1. The molecule has 24 heavy (non-hydrogen) atoms. The minimum Gasteiger partial charge on any atom is -0.493 e. The molecule has 1 aromatic heterocycles. The molecule has 1 atom stereocenters. The van der Waals surface area contributed by atoms with Gasteiger partial charge >= 0.3 is 0 Å². The minimum absolute atomic E-state index is 0.223. The lowest BCUT2D eigenvalue weighted by Gasteiger charge is -2.16. The summed E-state index contributed by atoms with van der Waals surface area (Å²) in [5.74, 6) is 0.636. The first-order valence-corrected chi connectivity index (χ1v) is 8.16. The van der Waals surface area contributed by atoms with Crippen molar-refractivity contribution in [2.24, 2.45) is 0 Å². The van der Waals surface area contributed by atoms with Gasteiger partial charge in [-0.1, -0.05) is 24.6 Å². The molecule has 0 aliphatic rings. The van der Waals surface area contributed by atoms with Crippen LogP contribution in [0.4, 0.5) is 0 Å². The van der Waals surface area contributed by atoms with Crippen molar-refractivity contribution in [3.8, 4) is 11.5 Å². The van der Waals surface area contributed by atoms with E-state index in [1.807, 2.05) is 32.0 Å². The van der Waals surface area contributed by atoms with Gasteiger partial charge in [0, 0.05) is 11.8 Å². The van der Waals surface area contributed by atoms with Crippen molar-refractivity contribution < 1.29 is 14.3 Å². The van der Waals surface area contributed by atoms with Gasteiger partial charge in [0.1, 0.15) is 0 Å². The van der Waals surface area contributed by atoms with Crippen molar-refractivity contribution in [3.05, 3.63) is 52.8 Å². The number of halogens is 1. The number of carbonyl (C=O) groups excluding carboxylic acids is 1. The van der Waals surface area contributed by atoms with E-state index in [0.717, 1.165) is 12.1 Å². The first-order chi connectivity index (χ1) is 11.6. The molecule has 1 amide bonds. The zero-order valence-corrected chi connectivity index (χ0v) is 14.8. The lowest BCUT2D eigenvalue weighted by molar-refractivity contribution is 0.0938. The maximum absolute atomic E-state index is 12.5. The van der Waals surface area contributed by atoms with Crippen LogP contribution in [0.3, 0.4) is 0 Å². The molecule has 1 N–H and O–H groups in total. The Morgan fingerprint density at radius 2 is 2.17 bits per heavy atom. The number of nitrogens with zero attached hydrogens (tertiary/aromatic N) is 1. The van der Waals surface area contributed by atoms with Gasteiger partial charge in [-0.25, -0.2) is 0 Å². The van der Waals surface area contributed by atoms with Crippen molar-refractivity contribution in [2.75, 3.05) is 13.7 Å². The number of hydrogen-bond donors (Lipinski definition) is 1. The van der Waals surface area contributed by atoms with E-state index in [1.165, 1.54) is 7.11 Å². The van der Waals surface area contributed by atoms with Crippen LogP contribution in [0.5, 0.6) is 11.5 Å². The first-order valence-electron chi connectivity index (χ1n) is 7.79. The van der Waals surface area contributed by atoms with Gasteiger partial charge in [0.25, 0.3) is 5.91 Å². The Balaban J connectivity index is 2.19. The molecule has 0 bridgehead atoms. The number of rotatable bonds is 7. The second kappa shape index (κ2) is 8.55. The number of carbonyl (C=O) groups is 1. The van der Waals surface area contributed by atoms with Crippen LogP contribution in [0.1, 0.15) is 42.4 Å². The Morgan fingerprint density at radius 3 is 2.79 bits per heavy atom. The van der Waals surface area contributed by atoms with E-state index >= 15 is 0 Å². The summed E-state index contributed by atoms with van der Waals surface area (Å²) in [5, 5.41) is 3.24. The zero-order chi connectivity index (χ0) is 17.5. The summed E-state index contributed by atoms with van der Waals surface area (Å²) >= 11 is 6.25. The maximum Gasteiger partial charge on any atom is 0.251 e. The molecule has 0 spiro atoms. The summed E-state index contributed by atoms with van der Waals surface area (Å²) in [5.41, 5.74) is 1.19. The fraction of sp³-hybridized carbons (Fsp3) is 0.333. The van der Waals surface area contributed by atoms with Gasteiger partial charge in [-0.05, 0) is 37.6 Å². The molecular formula is C18H21ClN2O3. The quantitative estimate of drug-likeness (QED) is 0.820. The summed E-state index contributed by atoms with van der Waals surface area (Å²) in [7, 11) is 1.52. The average Bonchev–Trinajstić information content (AvgIpc) is 2.60. The Labute approximate surface area is 147 Å². The van der Waals surface area contributed by atoms with Crippen LogP contribution < -0.4 is 14.8 Å². The maximum atomic E-state index is 12.5. The van der Waals surface area contributed by atoms with Crippen molar-refractivity contribution in [3.63, 3.8) is 0 Å². The van der Waals surface area contributed by atoms with Crippen LogP contribution in [-0.2, 0) is 0 Å².